The number of aromatic amines is 1. The van der Waals surface area contributed by atoms with Gasteiger partial charge in [-0.3, -0.25) is 4.79 Å². The molecular weight excluding hydrogens is 287 g/mol. The van der Waals surface area contributed by atoms with Gasteiger partial charge in [0.05, 0.1) is 10.0 Å². The fourth-order valence-electron chi connectivity index (χ4n) is 1.43. The zero-order valence-corrected chi connectivity index (χ0v) is 10.4. The van der Waals surface area contributed by atoms with Crippen LogP contribution in [0.2, 0.25) is 0 Å². The Balaban J connectivity index is 2.07. The zero-order valence-electron chi connectivity index (χ0n) is 8.84. The van der Waals surface area contributed by atoms with Crippen LogP contribution in [0.4, 0.5) is 4.39 Å². The number of carbonyl (C=O) groups excluding carboxylic acids is 1. The van der Waals surface area contributed by atoms with E-state index >= 15 is 0 Å². The van der Waals surface area contributed by atoms with E-state index in [-0.39, 0.29) is 10.0 Å². The van der Waals surface area contributed by atoms with Crippen LogP contribution < -0.4 is 5.32 Å². The van der Waals surface area contributed by atoms with E-state index in [0.29, 0.717) is 6.54 Å². The maximum absolute atomic E-state index is 13.6. The van der Waals surface area contributed by atoms with Crippen molar-refractivity contribution < 1.29 is 9.18 Å². The molecule has 0 atom stereocenters. The number of hydrogen-bond donors (Lipinski definition) is 2. The Hall–Kier alpha value is -1.62. The maximum Gasteiger partial charge on any atom is 0.254 e. The van der Waals surface area contributed by atoms with Crippen molar-refractivity contribution >= 4 is 21.8 Å². The van der Waals surface area contributed by atoms with Crippen LogP contribution in [0.5, 0.6) is 0 Å². The van der Waals surface area contributed by atoms with E-state index in [9.17, 15) is 9.18 Å². The van der Waals surface area contributed by atoms with Gasteiger partial charge in [-0.2, -0.15) is 0 Å². The van der Waals surface area contributed by atoms with E-state index in [2.05, 4.69) is 26.2 Å². The molecule has 0 saturated carbocycles. The van der Waals surface area contributed by atoms with Crippen molar-refractivity contribution in [2.24, 2.45) is 0 Å². The zero-order chi connectivity index (χ0) is 12.3. The summed E-state index contributed by atoms with van der Waals surface area (Å²) < 4.78 is 13.9. The Labute approximate surface area is 106 Å². The number of amides is 1. The standard InChI is InChI=1S/C12H10BrFN2O/c13-10-3-1-2-9(11(10)14)12(17)16-7-8-4-5-15-6-8/h1-6,15H,7H2,(H,16,17). The molecule has 0 spiro atoms. The molecule has 3 nitrogen and oxygen atoms in total. The highest BCUT2D eigenvalue weighted by molar-refractivity contribution is 9.10. The molecule has 1 amide bonds. The first-order valence-corrected chi connectivity index (χ1v) is 5.81. The Morgan fingerprint density at radius 3 is 2.94 bits per heavy atom. The second-order valence-corrected chi connectivity index (χ2v) is 4.36. The Bertz CT molecular complexity index is 525. The average Bonchev–Trinajstić information content (AvgIpc) is 2.82. The van der Waals surface area contributed by atoms with Crippen molar-refractivity contribution in [3.8, 4) is 0 Å². The fraction of sp³-hybridized carbons (Fsp3) is 0.0833. The highest BCUT2D eigenvalue weighted by Gasteiger charge is 2.13. The molecule has 88 valence electrons. The smallest absolute Gasteiger partial charge is 0.254 e. The highest BCUT2D eigenvalue weighted by atomic mass is 79.9. The molecule has 0 radical (unpaired) electrons. The first-order chi connectivity index (χ1) is 8.18. The summed E-state index contributed by atoms with van der Waals surface area (Å²) in [6, 6.07) is 6.47. The summed E-state index contributed by atoms with van der Waals surface area (Å²) in [6.07, 6.45) is 3.54. The van der Waals surface area contributed by atoms with Gasteiger partial charge in [0.15, 0.2) is 0 Å². The Kier molecular flexibility index (Phi) is 3.58. The van der Waals surface area contributed by atoms with Gasteiger partial charge in [0.1, 0.15) is 5.82 Å². The maximum atomic E-state index is 13.6. The lowest BCUT2D eigenvalue weighted by molar-refractivity contribution is 0.0946. The van der Waals surface area contributed by atoms with Crippen LogP contribution in [0, 0.1) is 5.82 Å². The molecule has 0 bridgehead atoms. The molecule has 0 aliphatic heterocycles. The predicted molar refractivity (Wildman–Crippen MR) is 66.1 cm³/mol. The van der Waals surface area contributed by atoms with Gasteiger partial charge in [-0.05, 0) is 39.7 Å². The minimum absolute atomic E-state index is 0.0370. The van der Waals surface area contributed by atoms with Crippen LogP contribution >= 0.6 is 15.9 Å². The topological polar surface area (TPSA) is 44.9 Å². The number of hydrogen-bond acceptors (Lipinski definition) is 1. The molecule has 2 rings (SSSR count). The molecule has 1 heterocycles. The number of aromatic nitrogens is 1. The highest BCUT2D eigenvalue weighted by Crippen LogP contribution is 2.18. The third-order valence-electron chi connectivity index (χ3n) is 2.31. The fourth-order valence-corrected chi connectivity index (χ4v) is 1.79. The molecule has 0 unspecified atom stereocenters. The van der Waals surface area contributed by atoms with Gasteiger partial charge in [0, 0.05) is 18.9 Å². The minimum Gasteiger partial charge on any atom is -0.367 e. The molecule has 0 fully saturated rings. The molecule has 2 aromatic rings. The predicted octanol–water partition coefficient (Wildman–Crippen LogP) is 2.85. The first kappa shape index (κ1) is 11.9. The van der Waals surface area contributed by atoms with E-state index < -0.39 is 11.7 Å². The lowest BCUT2D eigenvalue weighted by Gasteiger charge is -2.05. The lowest BCUT2D eigenvalue weighted by atomic mass is 10.2. The third-order valence-corrected chi connectivity index (χ3v) is 2.92. The van der Waals surface area contributed by atoms with Crippen LogP contribution in [0.25, 0.3) is 0 Å². The Morgan fingerprint density at radius 1 is 1.41 bits per heavy atom. The van der Waals surface area contributed by atoms with Crippen molar-refractivity contribution in [3.63, 3.8) is 0 Å². The van der Waals surface area contributed by atoms with Crippen molar-refractivity contribution in [1.29, 1.82) is 0 Å². The van der Waals surface area contributed by atoms with Gasteiger partial charge >= 0.3 is 0 Å². The van der Waals surface area contributed by atoms with Gasteiger partial charge in [0.25, 0.3) is 5.91 Å². The van der Waals surface area contributed by atoms with Crippen LogP contribution in [-0.2, 0) is 6.54 Å². The van der Waals surface area contributed by atoms with Crippen LogP contribution in [0.15, 0.2) is 41.1 Å². The summed E-state index contributed by atoms with van der Waals surface area (Å²) in [5, 5.41) is 2.65. The summed E-state index contributed by atoms with van der Waals surface area (Å²) in [7, 11) is 0. The number of rotatable bonds is 3. The van der Waals surface area contributed by atoms with E-state index in [1.54, 1.807) is 24.5 Å². The molecule has 0 aliphatic carbocycles. The molecule has 5 heteroatoms. The molecule has 0 aliphatic rings. The number of carbonyl (C=O) groups is 1. The quantitative estimate of drug-likeness (QED) is 0.899. The third kappa shape index (κ3) is 2.74. The second-order valence-electron chi connectivity index (χ2n) is 3.50. The van der Waals surface area contributed by atoms with Crippen molar-refractivity contribution in [2.75, 3.05) is 0 Å². The molecule has 1 aromatic carbocycles. The summed E-state index contributed by atoms with van der Waals surface area (Å²) in [4.78, 5) is 14.6. The van der Waals surface area contributed by atoms with Crippen LogP contribution in [-0.4, -0.2) is 10.9 Å². The number of halogens is 2. The summed E-state index contributed by atoms with van der Waals surface area (Å²) >= 11 is 3.04. The molecule has 1 aromatic heterocycles. The van der Waals surface area contributed by atoms with Gasteiger partial charge in [0.2, 0.25) is 0 Å². The molecule has 0 saturated heterocycles. The number of H-pyrrole nitrogens is 1. The van der Waals surface area contributed by atoms with Gasteiger partial charge in [-0.15, -0.1) is 0 Å². The van der Waals surface area contributed by atoms with Gasteiger partial charge in [-0.25, -0.2) is 4.39 Å². The van der Waals surface area contributed by atoms with E-state index in [1.165, 1.54) is 6.07 Å². The molecule has 17 heavy (non-hydrogen) atoms. The van der Waals surface area contributed by atoms with E-state index in [4.69, 9.17) is 0 Å². The normalized spacial score (nSPS) is 10.2. The van der Waals surface area contributed by atoms with Crippen molar-refractivity contribution in [1.82, 2.24) is 10.3 Å². The number of nitrogens with one attached hydrogen (secondary N) is 2. The van der Waals surface area contributed by atoms with Crippen LogP contribution in [0.1, 0.15) is 15.9 Å². The summed E-state index contributed by atoms with van der Waals surface area (Å²) in [5.41, 5.74) is 0.976. The average molecular weight is 297 g/mol. The molecule has 2 N–H and O–H groups in total. The van der Waals surface area contributed by atoms with Gasteiger partial charge < -0.3 is 10.3 Å². The van der Waals surface area contributed by atoms with Crippen LogP contribution in [0.3, 0.4) is 0 Å². The second kappa shape index (κ2) is 5.14. The number of benzene rings is 1. The minimum atomic E-state index is -0.543. The lowest BCUT2D eigenvalue weighted by Crippen LogP contribution is -2.23. The summed E-state index contributed by atoms with van der Waals surface area (Å²) in [5.74, 6) is -0.968. The first-order valence-electron chi connectivity index (χ1n) is 5.02. The largest absolute Gasteiger partial charge is 0.367 e. The SMILES string of the molecule is O=C(NCc1cc[nH]c1)c1cccc(Br)c1F. The van der Waals surface area contributed by atoms with E-state index in [1.807, 2.05) is 6.07 Å². The van der Waals surface area contributed by atoms with Crippen molar-refractivity contribution in [3.05, 3.63) is 58.1 Å². The van der Waals surface area contributed by atoms with Gasteiger partial charge in [-0.1, -0.05) is 6.07 Å². The van der Waals surface area contributed by atoms with Crippen molar-refractivity contribution in [2.45, 2.75) is 6.54 Å². The Morgan fingerprint density at radius 2 is 2.24 bits per heavy atom. The molecular formula is C12H10BrFN2O. The summed E-state index contributed by atoms with van der Waals surface area (Å²) in [6.45, 7) is 0.369. The monoisotopic (exact) mass is 296 g/mol. The van der Waals surface area contributed by atoms with E-state index in [0.717, 1.165) is 5.56 Å².